The molecule has 0 aromatic heterocycles. The van der Waals surface area contributed by atoms with Crippen molar-refractivity contribution in [2.24, 2.45) is 0 Å². The number of nitrogens with one attached hydrogen (secondary N) is 1. The largest absolute Gasteiger partial charge is 0.497 e. The van der Waals surface area contributed by atoms with Gasteiger partial charge >= 0.3 is 6.03 Å². The zero-order chi connectivity index (χ0) is 28.8. The number of barbiturate groups is 1. The van der Waals surface area contributed by atoms with Gasteiger partial charge in [0.05, 0.1) is 19.4 Å². The van der Waals surface area contributed by atoms with Crippen molar-refractivity contribution in [3.63, 3.8) is 0 Å². The summed E-state index contributed by atoms with van der Waals surface area (Å²) in [5.74, 6) is 0.0749. The molecule has 1 fully saturated rings. The first-order valence-corrected chi connectivity index (χ1v) is 13.4. The number of unbranched alkanes of at least 4 members (excludes halogenated alkanes) is 1. The Morgan fingerprint density at radius 1 is 0.854 bits per heavy atom. The molecule has 41 heavy (non-hydrogen) atoms. The van der Waals surface area contributed by atoms with Crippen LogP contribution in [0.15, 0.2) is 90.5 Å². The first kappa shape index (κ1) is 27.5. The van der Waals surface area contributed by atoms with Crippen LogP contribution >= 0.6 is 0 Å². The molecule has 8 nitrogen and oxygen atoms in total. The highest BCUT2D eigenvalue weighted by atomic mass is 16.5. The molecule has 0 spiro atoms. The van der Waals surface area contributed by atoms with E-state index in [4.69, 9.17) is 14.2 Å². The van der Waals surface area contributed by atoms with E-state index in [0.29, 0.717) is 35.1 Å². The number of fused-ring (bicyclic) bond motifs is 1. The monoisotopic (exact) mass is 550 g/mol. The van der Waals surface area contributed by atoms with Crippen LogP contribution < -0.4 is 24.4 Å². The molecular formula is C33H30N2O6. The summed E-state index contributed by atoms with van der Waals surface area (Å²) in [7, 11) is 1.55. The van der Waals surface area contributed by atoms with Crippen LogP contribution in [0, 0.1) is 0 Å². The molecule has 0 atom stereocenters. The molecular weight excluding hydrogens is 520 g/mol. The molecule has 4 aromatic carbocycles. The molecule has 1 heterocycles. The van der Waals surface area contributed by atoms with Crippen LogP contribution in [-0.2, 0) is 16.2 Å². The third kappa shape index (κ3) is 6.06. The average molecular weight is 551 g/mol. The maximum absolute atomic E-state index is 13.5. The van der Waals surface area contributed by atoms with Gasteiger partial charge in [0.2, 0.25) is 0 Å². The number of ether oxygens (including phenoxy) is 3. The summed E-state index contributed by atoms with van der Waals surface area (Å²) in [6.07, 6.45) is 3.36. The first-order valence-electron chi connectivity index (χ1n) is 13.4. The van der Waals surface area contributed by atoms with Crippen LogP contribution in [0.2, 0.25) is 0 Å². The van der Waals surface area contributed by atoms with Gasteiger partial charge in [0.1, 0.15) is 29.4 Å². The summed E-state index contributed by atoms with van der Waals surface area (Å²) in [6, 6.07) is 24.9. The van der Waals surface area contributed by atoms with Crippen molar-refractivity contribution in [1.29, 1.82) is 0 Å². The number of hydrogen-bond donors (Lipinski definition) is 1. The van der Waals surface area contributed by atoms with E-state index in [1.54, 1.807) is 49.6 Å². The smallest absolute Gasteiger partial charge is 0.335 e. The number of benzene rings is 4. The minimum Gasteiger partial charge on any atom is -0.497 e. The van der Waals surface area contributed by atoms with Crippen molar-refractivity contribution in [2.45, 2.75) is 26.4 Å². The lowest BCUT2D eigenvalue weighted by Crippen LogP contribution is -2.54. The van der Waals surface area contributed by atoms with Crippen molar-refractivity contribution >= 4 is 40.4 Å². The van der Waals surface area contributed by atoms with Crippen molar-refractivity contribution in [1.82, 2.24) is 5.32 Å². The number of amides is 4. The Hall–Kier alpha value is -5.11. The predicted molar refractivity (Wildman–Crippen MR) is 157 cm³/mol. The van der Waals surface area contributed by atoms with Crippen molar-refractivity contribution < 1.29 is 28.6 Å². The fraction of sp³-hybridized carbons (Fsp3) is 0.182. The minimum absolute atomic E-state index is 0.201. The maximum Gasteiger partial charge on any atom is 0.335 e. The number of urea groups is 1. The van der Waals surface area contributed by atoms with Gasteiger partial charge in [-0.3, -0.25) is 14.9 Å². The number of carbonyl (C=O) groups is 3. The van der Waals surface area contributed by atoms with Crippen molar-refractivity contribution in [3.8, 4) is 17.2 Å². The Kier molecular flexibility index (Phi) is 8.29. The van der Waals surface area contributed by atoms with E-state index in [1.165, 1.54) is 6.08 Å². The molecule has 4 aromatic rings. The minimum atomic E-state index is -0.820. The number of hydrogen-bond acceptors (Lipinski definition) is 6. The third-order valence-corrected chi connectivity index (χ3v) is 6.75. The van der Waals surface area contributed by atoms with Crippen LogP contribution in [0.4, 0.5) is 10.5 Å². The van der Waals surface area contributed by atoms with Gasteiger partial charge in [0.15, 0.2) is 0 Å². The molecule has 4 amide bonds. The van der Waals surface area contributed by atoms with E-state index in [-0.39, 0.29) is 12.2 Å². The molecule has 0 radical (unpaired) electrons. The molecule has 1 N–H and O–H groups in total. The third-order valence-electron chi connectivity index (χ3n) is 6.75. The van der Waals surface area contributed by atoms with E-state index < -0.39 is 17.8 Å². The predicted octanol–water partition coefficient (Wildman–Crippen LogP) is 6.27. The molecule has 0 bridgehead atoms. The van der Waals surface area contributed by atoms with Gasteiger partial charge in [-0.15, -0.1) is 0 Å². The molecule has 0 saturated carbocycles. The van der Waals surface area contributed by atoms with Crippen molar-refractivity contribution in [2.75, 3.05) is 18.6 Å². The average Bonchev–Trinajstić information content (AvgIpc) is 2.99. The number of carbonyl (C=O) groups excluding carboxylic acids is 3. The molecule has 0 unspecified atom stereocenters. The lowest BCUT2D eigenvalue weighted by molar-refractivity contribution is -0.122. The van der Waals surface area contributed by atoms with Crippen LogP contribution in [0.25, 0.3) is 16.8 Å². The SMILES string of the molecule is CCCCOc1ccc(N2C(=O)NC(=O)/C(=C/c3ccc(OC)cc3OCc3cccc4ccccc34)C2=O)cc1. The molecule has 5 rings (SSSR count). The number of methoxy groups -OCH3 is 1. The zero-order valence-corrected chi connectivity index (χ0v) is 22.9. The van der Waals surface area contributed by atoms with Gasteiger partial charge in [-0.25, -0.2) is 9.69 Å². The highest BCUT2D eigenvalue weighted by molar-refractivity contribution is 6.39. The standard InChI is InChI=1S/C33H30N2O6/c1-3-4-18-40-26-16-13-25(14-17-26)35-32(37)29(31(36)34-33(35)38)19-23-12-15-27(39-2)20-30(23)41-21-24-10-7-9-22-8-5-6-11-28(22)24/h5-17,19-20H,3-4,18,21H2,1-2H3,(H,34,36,38)/b29-19-. The Morgan fingerprint density at radius 3 is 2.39 bits per heavy atom. The number of nitrogens with zero attached hydrogens (tertiary/aromatic N) is 1. The summed E-state index contributed by atoms with van der Waals surface area (Å²) in [5.41, 5.74) is 1.58. The van der Waals surface area contributed by atoms with Gasteiger partial charge < -0.3 is 14.2 Å². The summed E-state index contributed by atoms with van der Waals surface area (Å²) in [4.78, 5) is 39.9. The van der Waals surface area contributed by atoms with E-state index in [1.807, 2.05) is 42.5 Å². The van der Waals surface area contributed by atoms with Gasteiger partial charge in [0.25, 0.3) is 11.8 Å². The Bertz CT molecular complexity index is 1620. The van der Waals surface area contributed by atoms with Crippen LogP contribution in [0.3, 0.4) is 0 Å². The normalized spacial score (nSPS) is 14.3. The molecule has 1 aliphatic heterocycles. The molecule has 1 aliphatic rings. The van der Waals surface area contributed by atoms with Crippen LogP contribution in [-0.4, -0.2) is 31.6 Å². The van der Waals surface area contributed by atoms with Gasteiger partial charge in [0, 0.05) is 11.6 Å². The molecule has 208 valence electrons. The summed E-state index contributed by atoms with van der Waals surface area (Å²) < 4.78 is 17.3. The number of imide groups is 2. The quantitative estimate of drug-likeness (QED) is 0.142. The second-order valence-electron chi connectivity index (χ2n) is 9.48. The first-order chi connectivity index (χ1) is 20.0. The summed E-state index contributed by atoms with van der Waals surface area (Å²) in [5, 5.41) is 4.43. The topological polar surface area (TPSA) is 94.2 Å². The fourth-order valence-corrected chi connectivity index (χ4v) is 4.53. The second-order valence-corrected chi connectivity index (χ2v) is 9.48. The van der Waals surface area contributed by atoms with E-state index in [9.17, 15) is 14.4 Å². The van der Waals surface area contributed by atoms with Gasteiger partial charge in [-0.1, -0.05) is 55.8 Å². The van der Waals surface area contributed by atoms with Crippen LogP contribution in [0.1, 0.15) is 30.9 Å². The lowest BCUT2D eigenvalue weighted by Gasteiger charge is -2.26. The highest BCUT2D eigenvalue weighted by Gasteiger charge is 2.37. The number of rotatable bonds is 10. The summed E-state index contributed by atoms with van der Waals surface area (Å²) in [6.45, 7) is 2.90. The zero-order valence-electron chi connectivity index (χ0n) is 22.9. The maximum atomic E-state index is 13.5. The lowest BCUT2D eigenvalue weighted by atomic mass is 10.0. The van der Waals surface area contributed by atoms with E-state index >= 15 is 0 Å². The molecule has 0 aliphatic carbocycles. The fourth-order valence-electron chi connectivity index (χ4n) is 4.53. The van der Waals surface area contributed by atoms with E-state index in [2.05, 4.69) is 12.2 Å². The highest BCUT2D eigenvalue weighted by Crippen LogP contribution is 2.31. The van der Waals surface area contributed by atoms with E-state index in [0.717, 1.165) is 34.1 Å². The Morgan fingerprint density at radius 2 is 1.61 bits per heavy atom. The summed E-state index contributed by atoms with van der Waals surface area (Å²) >= 11 is 0. The molecule has 8 heteroatoms. The van der Waals surface area contributed by atoms with Crippen molar-refractivity contribution in [3.05, 3.63) is 102 Å². The Balaban J connectivity index is 1.43. The van der Waals surface area contributed by atoms with Gasteiger partial charge in [-0.2, -0.15) is 0 Å². The van der Waals surface area contributed by atoms with Gasteiger partial charge in [-0.05, 0) is 65.2 Å². The number of anilines is 1. The Labute approximate surface area is 238 Å². The van der Waals surface area contributed by atoms with Crippen LogP contribution in [0.5, 0.6) is 17.2 Å². The second kappa shape index (κ2) is 12.4. The molecule has 1 saturated heterocycles.